The Balaban J connectivity index is 1.57. The molecule has 0 atom stereocenters. The first-order valence-electron chi connectivity index (χ1n) is 9.61. The first-order valence-corrected chi connectivity index (χ1v) is 10.4. The molecular weight excluding hydrogens is 412 g/mol. The topological polar surface area (TPSA) is 59.1 Å². The lowest BCUT2D eigenvalue weighted by atomic mass is 10.0. The molecule has 0 heterocycles. The molecule has 0 amide bonds. The average molecular weight is 435 g/mol. The summed E-state index contributed by atoms with van der Waals surface area (Å²) in [4.78, 5) is 0. The number of nitrogens with two attached hydrogens (primary N) is 1. The standard InChI is InChI=1S/C24H23BrN2O/c25-23(19-4-3-7-22(15-19)28-21-5-1-2-6-21)13-16-8-9-18-14-20(24(26)27)11-10-17(18)12-16/h3-4,7-15,21H,1-2,5-6H2,(H3,26,27). The van der Waals surface area contributed by atoms with Crippen LogP contribution in [0.4, 0.5) is 0 Å². The van der Waals surface area contributed by atoms with Crippen LogP contribution in [-0.2, 0) is 0 Å². The zero-order valence-corrected chi connectivity index (χ0v) is 17.2. The number of hydrogen-bond donors (Lipinski definition) is 2. The molecule has 0 spiro atoms. The SMILES string of the molecule is N=C(N)c1ccc2cc(C=C(Br)c3cccc(OC4CCCC4)c3)ccc2c1. The fourth-order valence-corrected chi connectivity index (χ4v) is 4.18. The molecule has 0 radical (unpaired) electrons. The van der Waals surface area contributed by atoms with E-state index >= 15 is 0 Å². The van der Waals surface area contributed by atoms with Gasteiger partial charge in [0.15, 0.2) is 0 Å². The first-order chi connectivity index (χ1) is 13.6. The highest BCUT2D eigenvalue weighted by molar-refractivity contribution is 9.15. The van der Waals surface area contributed by atoms with Gasteiger partial charge in [0.25, 0.3) is 0 Å². The Kier molecular flexibility index (Phi) is 5.49. The molecule has 1 aliphatic carbocycles. The van der Waals surface area contributed by atoms with Crippen molar-refractivity contribution in [1.82, 2.24) is 0 Å². The fourth-order valence-electron chi connectivity index (χ4n) is 3.67. The third-order valence-electron chi connectivity index (χ3n) is 5.18. The van der Waals surface area contributed by atoms with Crippen LogP contribution in [0.2, 0.25) is 0 Å². The van der Waals surface area contributed by atoms with Crippen LogP contribution in [0.5, 0.6) is 5.75 Å². The zero-order chi connectivity index (χ0) is 19.5. The molecule has 0 saturated heterocycles. The van der Waals surface area contributed by atoms with Gasteiger partial charge < -0.3 is 10.5 Å². The molecule has 3 N–H and O–H groups in total. The van der Waals surface area contributed by atoms with E-state index in [0.717, 1.165) is 50.5 Å². The van der Waals surface area contributed by atoms with Crippen LogP contribution in [0.15, 0.2) is 60.7 Å². The van der Waals surface area contributed by atoms with Crippen molar-refractivity contribution in [2.75, 3.05) is 0 Å². The summed E-state index contributed by atoms with van der Waals surface area (Å²) in [6, 6.07) is 20.4. The van der Waals surface area contributed by atoms with Gasteiger partial charge in [-0.2, -0.15) is 0 Å². The molecule has 1 saturated carbocycles. The molecule has 3 nitrogen and oxygen atoms in total. The smallest absolute Gasteiger partial charge is 0.122 e. The van der Waals surface area contributed by atoms with E-state index in [-0.39, 0.29) is 5.84 Å². The maximum atomic E-state index is 7.58. The minimum absolute atomic E-state index is 0.0910. The van der Waals surface area contributed by atoms with Crippen molar-refractivity contribution in [3.63, 3.8) is 0 Å². The van der Waals surface area contributed by atoms with Crippen molar-refractivity contribution in [2.24, 2.45) is 5.73 Å². The largest absolute Gasteiger partial charge is 0.490 e. The summed E-state index contributed by atoms with van der Waals surface area (Å²) in [7, 11) is 0. The molecule has 4 rings (SSSR count). The Morgan fingerprint density at radius 3 is 2.50 bits per heavy atom. The van der Waals surface area contributed by atoms with Gasteiger partial charge in [0.05, 0.1) is 6.10 Å². The number of amidine groups is 1. The van der Waals surface area contributed by atoms with Crippen molar-refractivity contribution in [1.29, 1.82) is 5.41 Å². The summed E-state index contributed by atoms with van der Waals surface area (Å²) in [5.74, 6) is 1.03. The van der Waals surface area contributed by atoms with E-state index in [4.69, 9.17) is 15.9 Å². The predicted molar refractivity (Wildman–Crippen MR) is 121 cm³/mol. The Morgan fingerprint density at radius 1 is 0.964 bits per heavy atom. The Hall–Kier alpha value is -2.59. The molecule has 3 aromatic rings. The second kappa shape index (κ2) is 8.19. The maximum absolute atomic E-state index is 7.58. The second-order valence-corrected chi connectivity index (χ2v) is 8.13. The summed E-state index contributed by atoms with van der Waals surface area (Å²) >= 11 is 3.73. The van der Waals surface area contributed by atoms with Crippen LogP contribution >= 0.6 is 15.9 Å². The Bertz CT molecular complexity index is 1050. The third-order valence-corrected chi connectivity index (χ3v) is 5.87. The number of rotatable bonds is 5. The lowest BCUT2D eigenvalue weighted by molar-refractivity contribution is 0.210. The number of hydrogen-bond acceptors (Lipinski definition) is 2. The minimum Gasteiger partial charge on any atom is -0.490 e. The number of halogens is 1. The average Bonchev–Trinajstić information content (AvgIpc) is 3.20. The molecule has 142 valence electrons. The number of nitrogens with one attached hydrogen (secondary N) is 1. The van der Waals surface area contributed by atoms with E-state index < -0.39 is 0 Å². The van der Waals surface area contributed by atoms with Crippen molar-refractivity contribution in [2.45, 2.75) is 31.8 Å². The predicted octanol–water partition coefficient (Wildman–Crippen LogP) is 6.34. The van der Waals surface area contributed by atoms with Crippen LogP contribution in [0.3, 0.4) is 0 Å². The molecule has 28 heavy (non-hydrogen) atoms. The minimum atomic E-state index is 0.0910. The Labute approximate surface area is 173 Å². The summed E-state index contributed by atoms with van der Waals surface area (Å²) < 4.78 is 7.15. The molecule has 0 aliphatic heterocycles. The van der Waals surface area contributed by atoms with Gasteiger partial charge in [0, 0.05) is 10.0 Å². The van der Waals surface area contributed by atoms with E-state index in [1.165, 1.54) is 12.8 Å². The zero-order valence-electron chi connectivity index (χ0n) is 15.6. The van der Waals surface area contributed by atoms with Crippen LogP contribution < -0.4 is 10.5 Å². The highest BCUT2D eigenvalue weighted by atomic mass is 79.9. The van der Waals surface area contributed by atoms with E-state index in [9.17, 15) is 0 Å². The second-order valence-electron chi connectivity index (χ2n) is 7.28. The van der Waals surface area contributed by atoms with Crippen molar-refractivity contribution < 1.29 is 4.74 Å². The highest BCUT2D eigenvalue weighted by Crippen LogP contribution is 2.30. The summed E-state index contributed by atoms with van der Waals surface area (Å²) in [6.45, 7) is 0. The van der Waals surface area contributed by atoms with E-state index in [0.29, 0.717) is 6.10 Å². The van der Waals surface area contributed by atoms with E-state index in [1.54, 1.807) is 0 Å². The van der Waals surface area contributed by atoms with Crippen molar-refractivity contribution in [3.8, 4) is 5.75 Å². The van der Waals surface area contributed by atoms with Gasteiger partial charge in [-0.25, -0.2) is 0 Å². The van der Waals surface area contributed by atoms with Gasteiger partial charge in [-0.1, -0.05) is 52.3 Å². The van der Waals surface area contributed by atoms with E-state index in [1.807, 2.05) is 30.3 Å². The summed E-state index contributed by atoms with van der Waals surface area (Å²) in [5, 5.41) is 9.78. The fraction of sp³-hybridized carbons (Fsp3) is 0.208. The van der Waals surface area contributed by atoms with Crippen LogP contribution in [-0.4, -0.2) is 11.9 Å². The number of fused-ring (bicyclic) bond motifs is 1. The van der Waals surface area contributed by atoms with Gasteiger partial charge in [-0.3, -0.25) is 5.41 Å². The molecule has 1 aliphatic rings. The normalized spacial score (nSPS) is 15.1. The molecule has 0 bridgehead atoms. The van der Waals surface area contributed by atoms with E-state index in [2.05, 4.69) is 52.3 Å². The molecule has 3 aromatic carbocycles. The van der Waals surface area contributed by atoms with Crippen molar-refractivity contribution >= 4 is 43.1 Å². The quantitative estimate of drug-likeness (QED) is 0.279. The number of benzene rings is 3. The summed E-state index contributed by atoms with van der Waals surface area (Å²) in [6.07, 6.45) is 7.33. The monoisotopic (exact) mass is 434 g/mol. The Morgan fingerprint density at radius 2 is 1.71 bits per heavy atom. The number of nitrogen functional groups attached to an aromatic ring is 1. The van der Waals surface area contributed by atoms with Gasteiger partial charge >= 0.3 is 0 Å². The molecule has 0 aromatic heterocycles. The van der Waals surface area contributed by atoms with Gasteiger partial charge in [-0.05, 0) is 77.9 Å². The molecular formula is C24H23BrN2O. The maximum Gasteiger partial charge on any atom is 0.122 e. The van der Waals surface area contributed by atoms with Crippen molar-refractivity contribution in [3.05, 3.63) is 77.4 Å². The van der Waals surface area contributed by atoms with Gasteiger partial charge in [0.2, 0.25) is 0 Å². The highest BCUT2D eigenvalue weighted by Gasteiger charge is 2.16. The van der Waals surface area contributed by atoms with Gasteiger partial charge in [-0.15, -0.1) is 0 Å². The molecule has 4 heteroatoms. The third kappa shape index (κ3) is 4.28. The number of ether oxygens (including phenoxy) is 1. The lowest BCUT2D eigenvalue weighted by Gasteiger charge is -2.13. The van der Waals surface area contributed by atoms with Crippen LogP contribution in [0.1, 0.15) is 42.4 Å². The van der Waals surface area contributed by atoms with Gasteiger partial charge in [0.1, 0.15) is 11.6 Å². The summed E-state index contributed by atoms with van der Waals surface area (Å²) in [5.41, 5.74) is 8.54. The molecule has 1 fully saturated rings. The van der Waals surface area contributed by atoms with Crippen LogP contribution in [0, 0.1) is 5.41 Å². The molecule has 0 unspecified atom stereocenters. The lowest BCUT2D eigenvalue weighted by Crippen LogP contribution is -2.10. The van der Waals surface area contributed by atoms with Crippen LogP contribution in [0.25, 0.3) is 21.3 Å². The first kappa shape index (κ1) is 18.8.